The highest BCUT2D eigenvalue weighted by molar-refractivity contribution is 6.07. The number of ketones is 2. The van der Waals surface area contributed by atoms with Crippen molar-refractivity contribution in [2.24, 2.45) is 66.0 Å². The quantitative estimate of drug-likeness (QED) is 0.287. The maximum absolute atomic E-state index is 13.9. The molecule has 0 bridgehead atoms. The number of fused-ring (bicyclic) bond motifs is 14. The van der Waals surface area contributed by atoms with Crippen LogP contribution in [0.3, 0.4) is 0 Å². The van der Waals surface area contributed by atoms with E-state index in [-0.39, 0.29) is 81.3 Å². The van der Waals surface area contributed by atoms with Crippen LogP contribution in [0.25, 0.3) is 0 Å². The van der Waals surface area contributed by atoms with Crippen molar-refractivity contribution in [2.75, 3.05) is 59.2 Å². The van der Waals surface area contributed by atoms with Crippen LogP contribution >= 0.6 is 0 Å². The van der Waals surface area contributed by atoms with Gasteiger partial charge < -0.3 is 24.6 Å². The second-order valence-electron chi connectivity index (χ2n) is 29.3. The van der Waals surface area contributed by atoms with Gasteiger partial charge >= 0.3 is 0 Å². The lowest BCUT2D eigenvalue weighted by atomic mass is 9.34. The molecular weight excluding hydrogens is 957 g/mol. The maximum Gasteiger partial charge on any atom is 0.228 e. The molecule has 12 aliphatic rings. The molecule has 0 unspecified atom stereocenters. The van der Waals surface area contributed by atoms with E-state index in [0.29, 0.717) is 60.4 Å². The highest BCUT2D eigenvalue weighted by Crippen LogP contribution is 2.77. The molecular formula is C68H100N2O7. The molecule has 12 atom stereocenters. The zero-order valence-electron chi connectivity index (χ0n) is 48.2. The normalized spacial score (nSPS) is 44.2. The van der Waals surface area contributed by atoms with Crippen molar-refractivity contribution in [3.8, 4) is 0 Å². The molecule has 0 aromatic rings. The number of ether oxygens (including phenoxy) is 2. The van der Waals surface area contributed by atoms with E-state index in [1.54, 1.807) is 12.2 Å². The number of carbonyl (C=O) groups is 3. The fraction of sp³-hybridized carbons (Fsp3) is 0.721. The summed E-state index contributed by atoms with van der Waals surface area (Å²) in [7, 11) is 0. The summed E-state index contributed by atoms with van der Waals surface area (Å²) in [5.74, 6) is 0.786. The van der Waals surface area contributed by atoms with Crippen molar-refractivity contribution in [1.82, 2.24) is 9.80 Å². The highest BCUT2D eigenvalue weighted by Gasteiger charge is 2.69. The maximum atomic E-state index is 13.9. The number of morpholine rings is 2. The molecule has 0 aromatic heterocycles. The molecule has 2 heterocycles. The topological polar surface area (TPSA) is 117 Å². The van der Waals surface area contributed by atoms with E-state index in [4.69, 9.17) is 9.47 Å². The summed E-state index contributed by atoms with van der Waals surface area (Å²) in [5.41, 5.74) is 9.43. The van der Waals surface area contributed by atoms with Gasteiger partial charge in [0.1, 0.15) is 0 Å². The van der Waals surface area contributed by atoms with Crippen molar-refractivity contribution in [3.63, 3.8) is 0 Å². The summed E-state index contributed by atoms with van der Waals surface area (Å²) in [4.78, 5) is 44.1. The van der Waals surface area contributed by atoms with E-state index in [0.717, 1.165) is 99.1 Å². The largest absolute Gasteiger partial charge is 0.504 e. The predicted octanol–water partition coefficient (Wildman–Crippen LogP) is 14.7. The monoisotopic (exact) mass is 1060 g/mol. The Hall–Kier alpha value is -3.79. The van der Waals surface area contributed by atoms with Crippen LogP contribution in [0.1, 0.15) is 188 Å². The van der Waals surface area contributed by atoms with E-state index in [2.05, 4.69) is 103 Å². The third-order valence-electron chi connectivity index (χ3n) is 25.4. The summed E-state index contributed by atoms with van der Waals surface area (Å²) in [6.07, 6.45) is 28.7. The second kappa shape index (κ2) is 19.2. The first-order chi connectivity index (χ1) is 35.1. The molecule has 10 aliphatic carbocycles. The van der Waals surface area contributed by atoms with Gasteiger partial charge in [-0.15, -0.1) is 0 Å². The molecule has 0 radical (unpaired) electrons. The Morgan fingerprint density at radius 2 is 0.961 bits per heavy atom. The van der Waals surface area contributed by atoms with Crippen LogP contribution in [0.15, 0.2) is 92.6 Å². The number of nitrogens with zero attached hydrogens (tertiary/aromatic N) is 2. The van der Waals surface area contributed by atoms with Crippen LogP contribution in [-0.4, -0.2) is 96.6 Å². The van der Waals surface area contributed by atoms with E-state index < -0.39 is 0 Å². The van der Waals surface area contributed by atoms with Crippen molar-refractivity contribution in [2.45, 2.75) is 188 Å². The third kappa shape index (κ3) is 8.29. The third-order valence-corrected chi connectivity index (χ3v) is 25.4. The Labute approximate surface area is 464 Å². The zero-order valence-corrected chi connectivity index (χ0v) is 48.2. The molecule has 2 aliphatic heterocycles. The minimum Gasteiger partial charge on any atom is -0.504 e. The molecule has 9 nitrogen and oxygen atoms in total. The predicted molar refractivity (Wildman–Crippen MR) is 310 cm³/mol. The number of allylic oxidation sites excluding steroid dienone is 14. The van der Waals surface area contributed by atoms with Crippen molar-refractivity contribution in [3.05, 3.63) is 92.6 Å². The summed E-state index contributed by atoms with van der Waals surface area (Å²) >= 11 is 0. The summed E-state index contributed by atoms with van der Waals surface area (Å²) < 4.78 is 11.2. The van der Waals surface area contributed by atoms with Crippen LogP contribution in [0.2, 0.25) is 0 Å². The molecule has 77 heavy (non-hydrogen) atoms. The van der Waals surface area contributed by atoms with Crippen molar-refractivity contribution < 1.29 is 34.1 Å². The fourth-order valence-electron chi connectivity index (χ4n) is 19.8. The number of aliphatic hydroxyl groups excluding tert-OH is 2. The van der Waals surface area contributed by atoms with Gasteiger partial charge in [0.05, 0.1) is 26.4 Å². The van der Waals surface area contributed by atoms with Crippen molar-refractivity contribution >= 4 is 17.5 Å². The molecule has 1 amide bonds. The van der Waals surface area contributed by atoms with E-state index in [9.17, 15) is 24.6 Å². The van der Waals surface area contributed by atoms with Crippen LogP contribution in [-0.2, 0) is 23.9 Å². The standard InChI is InChI=1S/C33H45NO4.C33H47NO3.2CH4/c1-21-22-7-8-25-31(4,23(22)19-24(35)27(21)36)12-14-33(6)26-20-30(3,28(37)34-15-17-38-18-16-34)10-9-29(26,2)11-13-32(25,33)5;1-22-23-7-8-26-31(4,24(23)19-25(35)28(22)36)12-14-33(6)27-20-29(2,21-34-15-17-37-18-16-34)9-10-30(27,3)11-13-32(26,33)5;;/h7-8,19,26,36H,9-18,20H2,1-6H3;7-8,19,27,36H,9-18,20-21H2,1-6H3;2*1H4/t26-,29-,30-,31+,32-,33+;27-,29-,30-,31+,32-,33+;;/m11../s1. The van der Waals surface area contributed by atoms with Gasteiger partial charge in [0.2, 0.25) is 17.5 Å². The van der Waals surface area contributed by atoms with Gasteiger partial charge in [-0.1, -0.05) is 120 Å². The minimum absolute atomic E-state index is 0. The number of rotatable bonds is 3. The number of hydrogen-bond acceptors (Lipinski definition) is 8. The van der Waals surface area contributed by atoms with Crippen LogP contribution in [0, 0.1) is 66.0 Å². The van der Waals surface area contributed by atoms with Gasteiger partial charge in [0, 0.05) is 60.1 Å². The fourth-order valence-corrected chi connectivity index (χ4v) is 19.8. The van der Waals surface area contributed by atoms with Gasteiger partial charge in [0.25, 0.3) is 0 Å². The number of hydrogen-bond donors (Lipinski definition) is 2. The molecule has 8 fully saturated rings. The zero-order chi connectivity index (χ0) is 53.7. The Balaban J connectivity index is 0.000000183. The molecule has 2 N–H and O–H groups in total. The Morgan fingerprint density at radius 3 is 1.43 bits per heavy atom. The lowest BCUT2D eigenvalue weighted by molar-refractivity contribution is -0.176. The Morgan fingerprint density at radius 1 is 0.545 bits per heavy atom. The first-order valence-corrected chi connectivity index (χ1v) is 29.5. The molecule has 9 heteroatoms. The van der Waals surface area contributed by atoms with Gasteiger partial charge in [-0.05, 0) is 188 Å². The molecule has 6 saturated carbocycles. The molecule has 0 spiro atoms. The van der Waals surface area contributed by atoms with Crippen molar-refractivity contribution in [1.29, 1.82) is 0 Å². The van der Waals surface area contributed by atoms with E-state index >= 15 is 0 Å². The number of amides is 1. The lowest BCUT2D eigenvalue weighted by Gasteiger charge is -2.70. The van der Waals surface area contributed by atoms with Crippen LogP contribution in [0.4, 0.5) is 0 Å². The minimum atomic E-state index is -0.324. The van der Waals surface area contributed by atoms with Gasteiger partial charge in [-0.3, -0.25) is 19.3 Å². The lowest BCUT2D eigenvalue weighted by Crippen LogP contribution is -2.63. The van der Waals surface area contributed by atoms with E-state index in [1.165, 1.54) is 62.6 Å². The average Bonchev–Trinajstić information content (AvgIpc) is 3.49. The van der Waals surface area contributed by atoms with Gasteiger partial charge in [0.15, 0.2) is 11.5 Å². The summed E-state index contributed by atoms with van der Waals surface area (Å²) in [6.45, 7) is 36.4. The SMILES string of the molecule is C.C.CC1=C(O)C(=O)C=C2C1=CC=C1[C@@]2(C)CC[C@@]2(C)[C@@H]3C[C@](C)(C(=O)N4CCOCC4)CC[C@]3(C)CC[C@]12C.CC1=C(O)C(=O)C=C2C1=CC=C1[C@@]2(C)CC[C@@]2(C)[C@@H]3C[C@](C)(CN4CCOCC4)CC[C@]3(C)CC[C@]12C. The highest BCUT2D eigenvalue weighted by atomic mass is 16.5. The van der Waals surface area contributed by atoms with Crippen LogP contribution in [0.5, 0.6) is 0 Å². The molecule has 0 aromatic carbocycles. The van der Waals surface area contributed by atoms with Gasteiger partial charge in [-0.2, -0.15) is 0 Å². The second-order valence-corrected chi connectivity index (χ2v) is 29.3. The van der Waals surface area contributed by atoms with Gasteiger partial charge in [-0.25, -0.2) is 0 Å². The Bertz CT molecular complexity index is 2760. The first kappa shape index (κ1) is 57.9. The van der Waals surface area contributed by atoms with Crippen LogP contribution < -0.4 is 0 Å². The molecule has 2 saturated heterocycles. The molecule has 12 rings (SSSR count). The van der Waals surface area contributed by atoms with E-state index in [1.807, 2.05) is 13.8 Å². The summed E-state index contributed by atoms with van der Waals surface area (Å²) in [5, 5.41) is 20.8. The number of aliphatic hydroxyl groups is 2. The summed E-state index contributed by atoms with van der Waals surface area (Å²) in [6, 6.07) is 0. The molecule has 424 valence electrons. The first-order valence-electron chi connectivity index (χ1n) is 29.5. The average molecular weight is 1060 g/mol. The number of carbonyl (C=O) groups excluding carboxylic acids is 3. The Kier molecular flexibility index (Phi) is 14.4. The smallest absolute Gasteiger partial charge is 0.228 e.